The van der Waals surface area contributed by atoms with Crippen molar-refractivity contribution in [2.45, 2.75) is 13.5 Å². The standard InChI is InChI=1S/C15H18BrNO3/c1-11-3-5-13(14(9-11)19-8-7-18-2)17-10-12-4-6-15(16)20-12/h3-6,9,17H,7-8,10H2,1-2H3. The molecule has 0 amide bonds. The van der Waals surface area contributed by atoms with Gasteiger partial charge in [0, 0.05) is 7.11 Å². The van der Waals surface area contributed by atoms with Crippen LogP contribution in [0.5, 0.6) is 5.75 Å². The Kier molecular flexibility index (Phi) is 5.49. The van der Waals surface area contributed by atoms with Crippen molar-refractivity contribution < 1.29 is 13.9 Å². The summed E-state index contributed by atoms with van der Waals surface area (Å²) in [6, 6.07) is 9.87. The van der Waals surface area contributed by atoms with E-state index in [1.54, 1.807) is 7.11 Å². The number of anilines is 1. The van der Waals surface area contributed by atoms with Crippen LogP contribution in [-0.2, 0) is 11.3 Å². The summed E-state index contributed by atoms with van der Waals surface area (Å²) in [7, 11) is 1.66. The Hall–Kier alpha value is -1.46. The minimum absolute atomic E-state index is 0.529. The van der Waals surface area contributed by atoms with Crippen LogP contribution in [-0.4, -0.2) is 20.3 Å². The Labute approximate surface area is 127 Å². The highest BCUT2D eigenvalue weighted by atomic mass is 79.9. The van der Waals surface area contributed by atoms with E-state index >= 15 is 0 Å². The maximum atomic E-state index is 5.72. The first-order valence-electron chi connectivity index (χ1n) is 6.39. The van der Waals surface area contributed by atoms with Gasteiger partial charge < -0.3 is 19.2 Å². The first-order chi connectivity index (χ1) is 9.69. The van der Waals surface area contributed by atoms with Crippen molar-refractivity contribution in [2.24, 2.45) is 0 Å². The van der Waals surface area contributed by atoms with E-state index < -0.39 is 0 Å². The molecule has 0 atom stereocenters. The van der Waals surface area contributed by atoms with Gasteiger partial charge in [-0.2, -0.15) is 0 Å². The number of methoxy groups -OCH3 is 1. The summed E-state index contributed by atoms with van der Waals surface area (Å²) in [6.45, 7) is 3.74. The Bertz CT molecular complexity index is 554. The van der Waals surface area contributed by atoms with Gasteiger partial charge in [0.15, 0.2) is 4.67 Å². The fourth-order valence-corrected chi connectivity index (χ4v) is 2.10. The Morgan fingerprint density at radius 3 is 2.75 bits per heavy atom. The molecule has 0 unspecified atom stereocenters. The van der Waals surface area contributed by atoms with Gasteiger partial charge in [0.25, 0.3) is 0 Å². The molecular formula is C15H18BrNO3. The second kappa shape index (κ2) is 7.36. The lowest BCUT2D eigenvalue weighted by atomic mass is 10.2. The quantitative estimate of drug-likeness (QED) is 0.774. The number of furan rings is 1. The molecule has 2 aromatic rings. The van der Waals surface area contributed by atoms with Gasteiger partial charge in [0.2, 0.25) is 0 Å². The molecule has 0 saturated carbocycles. The van der Waals surface area contributed by atoms with E-state index in [9.17, 15) is 0 Å². The molecule has 0 aliphatic rings. The summed E-state index contributed by atoms with van der Waals surface area (Å²) < 4.78 is 16.9. The van der Waals surface area contributed by atoms with E-state index in [0.29, 0.717) is 19.8 Å². The molecule has 0 spiro atoms. The van der Waals surface area contributed by atoms with E-state index in [2.05, 4.69) is 21.2 Å². The van der Waals surface area contributed by atoms with E-state index in [4.69, 9.17) is 13.9 Å². The zero-order valence-corrected chi connectivity index (χ0v) is 13.2. The number of rotatable bonds is 7. The molecule has 0 aliphatic heterocycles. The zero-order chi connectivity index (χ0) is 14.4. The minimum Gasteiger partial charge on any atom is -0.489 e. The van der Waals surface area contributed by atoms with E-state index in [-0.39, 0.29) is 0 Å². The predicted octanol–water partition coefficient (Wildman–Crippen LogP) is 3.99. The van der Waals surface area contributed by atoms with Gasteiger partial charge in [0.05, 0.1) is 18.8 Å². The minimum atomic E-state index is 0.529. The summed E-state index contributed by atoms with van der Waals surface area (Å²) >= 11 is 3.29. The lowest BCUT2D eigenvalue weighted by Crippen LogP contribution is -2.07. The van der Waals surface area contributed by atoms with Crippen molar-refractivity contribution in [3.05, 3.63) is 46.3 Å². The van der Waals surface area contributed by atoms with Crippen LogP contribution >= 0.6 is 15.9 Å². The fraction of sp³-hybridized carbons (Fsp3) is 0.333. The normalized spacial score (nSPS) is 10.6. The second-order valence-electron chi connectivity index (χ2n) is 4.40. The van der Waals surface area contributed by atoms with Crippen molar-refractivity contribution in [3.63, 3.8) is 0 Å². The highest BCUT2D eigenvalue weighted by molar-refractivity contribution is 9.10. The highest BCUT2D eigenvalue weighted by Crippen LogP contribution is 2.26. The Balaban J connectivity index is 2.01. The first-order valence-corrected chi connectivity index (χ1v) is 7.19. The summed E-state index contributed by atoms with van der Waals surface area (Å²) in [4.78, 5) is 0. The molecule has 1 heterocycles. The second-order valence-corrected chi connectivity index (χ2v) is 5.18. The van der Waals surface area contributed by atoms with Crippen molar-refractivity contribution in [2.75, 3.05) is 25.6 Å². The molecule has 108 valence electrons. The molecule has 0 radical (unpaired) electrons. The van der Waals surface area contributed by atoms with Crippen molar-refractivity contribution in [3.8, 4) is 5.75 Å². The number of ether oxygens (including phenoxy) is 2. The first kappa shape index (κ1) is 14.9. The predicted molar refractivity (Wildman–Crippen MR) is 82.3 cm³/mol. The smallest absolute Gasteiger partial charge is 0.169 e. The van der Waals surface area contributed by atoms with Crippen molar-refractivity contribution >= 4 is 21.6 Å². The number of nitrogens with one attached hydrogen (secondary N) is 1. The van der Waals surface area contributed by atoms with Crippen molar-refractivity contribution in [1.82, 2.24) is 0 Å². The molecule has 5 heteroatoms. The van der Waals surface area contributed by atoms with Crippen LogP contribution in [0, 0.1) is 6.92 Å². The van der Waals surface area contributed by atoms with Crippen LogP contribution in [0.1, 0.15) is 11.3 Å². The fourth-order valence-electron chi connectivity index (χ4n) is 1.76. The third-order valence-corrected chi connectivity index (χ3v) is 3.19. The molecule has 1 N–H and O–H groups in total. The van der Waals surface area contributed by atoms with Crippen LogP contribution in [0.15, 0.2) is 39.4 Å². The SMILES string of the molecule is COCCOc1cc(C)ccc1NCc1ccc(Br)o1. The number of aryl methyl sites for hydroxylation is 1. The largest absolute Gasteiger partial charge is 0.489 e. The van der Waals surface area contributed by atoms with Gasteiger partial charge in [-0.25, -0.2) is 0 Å². The highest BCUT2D eigenvalue weighted by Gasteiger charge is 2.06. The third kappa shape index (κ3) is 4.28. The lowest BCUT2D eigenvalue weighted by Gasteiger charge is -2.13. The summed E-state index contributed by atoms with van der Waals surface area (Å²) in [5.74, 6) is 1.69. The number of hydrogen-bond acceptors (Lipinski definition) is 4. The van der Waals surface area contributed by atoms with Gasteiger partial charge in [-0.1, -0.05) is 6.07 Å². The molecule has 0 fully saturated rings. The molecule has 1 aromatic carbocycles. The number of benzene rings is 1. The summed E-state index contributed by atoms with van der Waals surface area (Å²) in [6.07, 6.45) is 0. The maximum absolute atomic E-state index is 5.72. The van der Waals surface area contributed by atoms with Crippen molar-refractivity contribution in [1.29, 1.82) is 0 Å². The average molecular weight is 340 g/mol. The van der Waals surface area contributed by atoms with E-state index in [1.165, 1.54) is 0 Å². The molecular weight excluding hydrogens is 322 g/mol. The summed E-state index contributed by atoms with van der Waals surface area (Å²) in [5.41, 5.74) is 2.10. The third-order valence-electron chi connectivity index (χ3n) is 2.76. The number of halogens is 1. The van der Waals surface area contributed by atoms with Crippen LogP contribution in [0.25, 0.3) is 0 Å². The van der Waals surface area contributed by atoms with Crippen LogP contribution in [0.4, 0.5) is 5.69 Å². The molecule has 0 aliphatic carbocycles. The molecule has 1 aromatic heterocycles. The van der Waals surface area contributed by atoms with Gasteiger partial charge in [0.1, 0.15) is 18.1 Å². The van der Waals surface area contributed by atoms with Gasteiger partial charge in [-0.05, 0) is 52.7 Å². The van der Waals surface area contributed by atoms with E-state index in [1.807, 2.05) is 37.3 Å². The zero-order valence-electron chi connectivity index (χ0n) is 11.6. The topological polar surface area (TPSA) is 43.6 Å². The summed E-state index contributed by atoms with van der Waals surface area (Å²) in [5, 5.41) is 3.32. The van der Waals surface area contributed by atoms with Crippen LogP contribution in [0.3, 0.4) is 0 Å². The van der Waals surface area contributed by atoms with Gasteiger partial charge in [-0.3, -0.25) is 0 Å². The van der Waals surface area contributed by atoms with Gasteiger partial charge >= 0.3 is 0 Å². The maximum Gasteiger partial charge on any atom is 0.169 e. The average Bonchev–Trinajstić information content (AvgIpc) is 2.84. The van der Waals surface area contributed by atoms with E-state index in [0.717, 1.165) is 27.4 Å². The van der Waals surface area contributed by atoms with Crippen LogP contribution in [0.2, 0.25) is 0 Å². The molecule has 0 bridgehead atoms. The molecule has 2 rings (SSSR count). The molecule has 4 nitrogen and oxygen atoms in total. The van der Waals surface area contributed by atoms with Gasteiger partial charge in [-0.15, -0.1) is 0 Å². The van der Waals surface area contributed by atoms with Crippen LogP contribution < -0.4 is 10.1 Å². The molecule has 20 heavy (non-hydrogen) atoms. The Morgan fingerprint density at radius 1 is 1.20 bits per heavy atom. The Morgan fingerprint density at radius 2 is 2.05 bits per heavy atom. The number of hydrogen-bond donors (Lipinski definition) is 1. The lowest BCUT2D eigenvalue weighted by molar-refractivity contribution is 0.146. The molecule has 0 saturated heterocycles. The monoisotopic (exact) mass is 339 g/mol.